The molecule has 0 heterocycles. The first-order valence-corrected chi connectivity index (χ1v) is 5.06. The van der Waals surface area contributed by atoms with Crippen molar-refractivity contribution >= 4 is 11.6 Å². The number of hydrogen-bond acceptors (Lipinski definition) is 3. The smallest absolute Gasteiger partial charge is 0.471 e. The van der Waals surface area contributed by atoms with Crippen LogP contribution in [0, 0.1) is 0 Å². The predicted octanol–water partition coefficient (Wildman–Crippen LogP) is 2.02. The molecular weight excluding hydrogens is 249 g/mol. The number of benzene rings is 1. The second-order valence-corrected chi connectivity index (χ2v) is 3.69. The molecule has 100 valence electrons. The fraction of sp³-hybridized carbons (Fsp3) is 0.364. The summed E-state index contributed by atoms with van der Waals surface area (Å²) in [5.74, 6) is -1.63. The fourth-order valence-corrected chi connectivity index (χ4v) is 1.36. The summed E-state index contributed by atoms with van der Waals surface area (Å²) in [6, 6.07) is 3.72. The van der Waals surface area contributed by atoms with Crippen molar-refractivity contribution in [2.45, 2.75) is 19.1 Å². The Balaban J connectivity index is 2.85. The van der Waals surface area contributed by atoms with E-state index in [1.807, 2.05) is 5.32 Å². The molecule has 4 nitrogen and oxygen atoms in total. The first kappa shape index (κ1) is 14.1. The summed E-state index contributed by atoms with van der Waals surface area (Å²) in [5, 5.41) is 1.85. The molecule has 0 saturated carbocycles. The highest BCUT2D eigenvalue weighted by molar-refractivity contribution is 5.82. The molecule has 0 aliphatic rings. The minimum atomic E-state index is -4.90. The highest BCUT2D eigenvalue weighted by atomic mass is 19.4. The van der Waals surface area contributed by atoms with Gasteiger partial charge in [0.1, 0.15) is 5.75 Å². The van der Waals surface area contributed by atoms with Crippen molar-refractivity contribution in [1.82, 2.24) is 5.32 Å². The zero-order valence-electron chi connectivity index (χ0n) is 9.84. The van der Waals surface area contributed by atoms with Crippen molar-refractivity contribution in [2.75, 3.05) is 12.8 Å². The van der Waals surface area contributed by atoms with Crippen LogP contribution in [-0.4, -0.2) is 19.2 Å². The Morgan fingerprint density at radius 2 is 2.06 bits per heavy atom. The molecule has 1 unspecified atom stereocenters. The van der Waals surface area contributed by atoms with Crippen LogP contribution in [0.2, 0.25) is 0 Å². The van der Waals surface area contributed by atoms with E-state index < -0.39 is 18.1 Å². The van der Waals surface area contributed by atoms with E-state index in [-0.39, 0.29) is 0 Å². The molecule has 1 rings (SSSR count). The van der Waals surface area contributed by atoms with E-state index in [1.54, 1.807) is 0 Å². The maximum atomic E-state index is 12.1. The minimum Gasteiger partial charge on any atom is -0.495 e. The molecule has 1 amide bonds. The van der Waals surface area contributed by atoms with Gasteiger partial charge < -0.3 is 15.8 Å². The van der Waals surface area contributed by atoms with Crippen LogP contribution in [0.1, 0.15) is 18.5 Å². The summed E-state index contributed by atoms with van der Waals surface area (Å²) in [6.07, 6.45) is -4.90. The van der Waals surface area contributed by atoms with Gasteiger partial charge in [0.05, 0.1) is 18.8 Å². The third-order valence-electron chi connectivity index (χ3n) is 2.36. The monoisotopic (exact) mass is 262 g/mol. The maximum absolute atomic E-state index is 12.1. The minimum absolute atomic E-state index is 0.348. The molecule has 1 aromatic carbocycles. The average Bonchev–Trinajstić information content (AvgIpc) is 2.28. The van der Waals surface area contributed by atoms with Gasteiger partial charge in [-0.3, -0.25) is 4.79 Å². The van der Waals surface area contributed by atoms with Gasteiger partial charge in [0, 0.05) is 0 Å². The molecule has 1 aromatic rings. The van der Waals surface area contributed by atoms with Crippen molar-refractivity contribution in [1.29, 1.82) is 0 Å². The lowest BCUT2D eigenvalue weighted by Gasteiger charge is -2.16. The summed E-state index contributed by atoms with van der Waals surface area (Å²) in [6.45, 7) is 1.44. The van der Waals surface area contributed by atoms with Gasteiger partial charge in [-0.15, -0.1) is 0 Å². The molecule has 0 radical (unpaired) electrons. The molecule has 1 atom stereocenters. The summed E-state index contributed by atoms with van der Waals surface area (Å²) in [4.78, 5) is 10.8. The van der Waals surface area contributed by atoms with Crippen LogP contribution in [-0.2, 0) is 4.79 Å². The Kier molecular flexibility index (Phi) is 4.05. The van der Waals surface area contributed by atoms with Crippen molar-refractivity contribution in [3.05, 3.63) is 23.8 Å². The highest BCUT2D eigenvalue weighted by Gasteiger charge is 2.39. The number of carbonyl (C=O) groups is 1. The number of alkyl halides is 3. The lowest BCUT2D eigenvalue weighted by Crippen LogP contribution is -2.38. The number of ether oxygens (including phenoxy) is 1. The molecule has 0 aromatic heterocycles. The number of nitrogens with two attached hydrogens (primary N) is 1. The molecule has 0 saturated heterocycles. The van der Waals surface area contributed by atoms with Gasteiger partial charge >= 0.3 is 12.1 Å². The molecule has 18 heavy (non-hydrogen) atoms. The van der Waals surface area contributed by atoms with E-state index in [9.17, 15) is 18.0 Å². The van der Waals surface area contributed by atoms with Crippen LogP contribution < -0.4 is 15.8 Å². The van der Waals surface area contributed by atoms with E-state index in [0.29, 0.717) is 17.0 Å². The van der Waals surface area contributed by atoms with Crippen molar-refractivity contribution in [3.8, 4) is 5.75 Å². The molecule has 0 fully saturated rings. The number of rotatable bonds is 3. The molecular formula is C11H13F3N2O2. The topological polar surface area (TPSA) is 64.3 Å². The number of hydrogen-bond donors (Lipinski definition) is 2. The number of nitrogens with one attached hydrogen (secondary N) is 1. The summed E-state index contributed by atoms with van der Waals surface area (Å²) in [5.41, 5.74) is 6.42. The van der Waals surface area contributed by atoms with Gasteiger partial charge in [-0.2, -0.15) is 13.2 Å². The lowest BCUT2D eigenvalue weighted by atomic mass is 10.1. The first-order chi connectivity index (χ1) is 8.25. The van der Waals surface area contributed by atoms with Crippen LogP contribution in [0.4, 0.5) is 18.9 Å². The summed E-state index contributed by atoms with van der Waals surface area (Å²) < 4.78 is 41.2. The number of halogens is 3. The zero-order valence-corrected chi connectivity index (χ0v) is 9.84. The third-order valence-corrected chi connectivity index (χ3v) is 2.36. The van der Waals surface area contributed by atoms with E-state index in [4.69, 9.17) is 10.5 Å². The van der Waals surface area contributed by atoms with Gasteiger partial charge in [0.25, 0.3) is 0 Å². The largest absolute Gasteiger partial charge is 0.495 e. The van der Waals surface area contributed by atoms with Crippen molar-refractivity contribution < 1.29 is 22.7 Å². The predicted molar refractivity (Wildman–Crippen MR) is 60.0 cm³/mol. The van der Waals surface area contributed by atoms with Crippen LogP contribution in [0.5, 0.6) is 5.75 Å². The Morgan fingerprint density at radius 1 is 1.44 bits per heavy atom. The fourth-order valence-electron chi connectivity index (χ4n) is 1.36. The molecule has 3 N–H and O–H groups in total. The number of amides is 1. The molecule has 0 bridgehead atoms. The average molecular weight is 262 g/mol. The molecule has 7 heteroatoms. The standard InChI is InChI=1S/C11H13F3N2O2/c1-6(16-10(17)11(12,13)14)7-3-4-8(15)9(5-7)18-2/h3-6H,15H2,1-2H3,(H,16,17). The molecule has 0 spiro atoms. The lowest BCUT2D eigenvalue weighted by molar-refractivity contribution is -0.174. The van der Waals surface area contributed by atoms with Crippen molar-refractivity contribution in [2.24, 2.45) is 0 Å². The van der Waals surface area contributed by atoms with Gasteiger partial charge in [0.2, 0.25) is 0 Å². The zero-order chi connectivity index (χ0) is 13.9. The molecule has 0 aliphatic heterocycles. The van der Waals surface area contributed by atoms with Gasteiger partial charge in [-0.25, -0.2) is 0 Å². The van der Waals surface area contributed by atoms with Gasteiger partial charge in [-0.1, -0.05) is 6.07 Å². The van der Waals surface area contributed by atoms with Crippen LogP contribution >= 0.6 is 0 Å². The SMILES string of the molecule is COc1cc(C(C)NC(=O)C(F)(F)F)ccc1N. The van der Waals surface area contributed by atoms with E-state index >= 15 is 0 Å². The van der Waals surface area contributed by atoms with E-state index in [2.05, 4.69) is 0 Å². The van der Waals surface area contributed by atoms with Crippen LogP contribution in [0.25, 0.3) is 0 Å². The number of methoxy groups -OCH3 is 1. The van der Waals surface area contributed by atoms with Crippen LogP contribution in [0.15, 0.2) is 18.2 Å². The number of anilines is 1. The summed E-state index contributed by atoms with van der Waals surface area (Å²) >= 11 is 0. The van der Waals surface area contributed by atoms with E-state index in [0.717, 1.165) is 0 Å². The molecule has 0 aliphatic carbocycles. The quantitative estimate of drug-likeness (QED) is 0.819. The van der Waals surface area contributed by atoms with Gasteiger partial charge in [-0.05, 0) is 24.6 Å². The Morgan fingerprint density at radius 3 is 2.56 bits per heavy atom. The van der Waals surface area contributed by atoms with E-state index in [1.165, 1.54) is 32.2 Å². The number of carbonyl (C=O) groups excluding carboxylic acids is 1. The Hall–Kier alpha value is -1.92. The van der Waals surface area contributed by atoms with Crippen LogP contribution in [0.3, 0.4) is 0 Å². The second kappa shape index (κ2) is 5.16. The number of nitrogen functional groups attached to an aromatic ring is 1. The normalized spacial score (nSPS) is 12.9. The highest BCUT2D eigenvalue weighted by Crippen LogP contribution is 2.26. The first-order valence-electron chi connectivity index (χ1n) is 5.06. The Labute approximate surface area is 102 Å². The second-order valence-electron chi connectivity index (χ2n) is 3.69. The van der Waals surface area contributed by atoms with Gasteiger partial charge in [0.15, 0.2) is 0 Å². The third kappa shape index (κ3) is 3.28. The Bertz CT molecular complexity index is 446. The summed E-state index contributed by atoms with van der Waals surface area (Å²) in [7, 11) is 1.40. The maximum Gasteiger partial charge on any atom is 0.471 e. The van der Waals surface area contributed by atoms with Crippen molar-refractivity contribution in [3.63, 3.8) is 0 Å².